The van der Waals surface area contributed by atoms with E-state index in [0.29, 0.717) is 29.5 Å². The van der Waals surface area contributed by atoms with Crippen molar-refractivity contribution in [1.82, 2.24) is 15.1 Å². The summed E-state index contributed by atoms with van der Waals surface area (Å²) in [6.45, 7) is 4.22. The van der Waals surface area contributed by atoms with E-state index < -0.39 is 17.5 Å². The number of anilines is 2. The summed E-state index contributed by atoms with van der Waals surface area (Å²) in [6.07, 6.45) is 3.16. The summed E-state index contributed by atoms with van der Waals surface area (Å²) < 4.78 is 1.69. The van der Waals surface area contributed by atoms with Crippen molar-refractivity contribution >= 4 is 46.7 Å². The first-order valence-corrected chi connectivity index (χ1v) is 12.2. The van der Waals surface area contributed by atoms with Gasteiger partial charge >= 0.3 is 12.0 Å². The minimum atomic E-state index is -1.00. The molecule has 1 unspecified atom stereocenters. The van der Waals surface area contributed by atoms with E-state index in [9.17, 15) is 14.7 Å². The molecular weight excluding hydrogens is 489 g/mol. The Kier molecular flexibility index (Phi) is 7.35. The van der Waals surface area contributed by atoms with Crippen molar-refractivity contribution in [1.29, 1.82) is 0 Å². The van der Waals surface area contributed by atoms with Crippen molar-refractivity contribution in [2.45, 2.75) is 51.6 Å². The molecule has 35 heavy (non-hydrogen) atoms. The lowest BCUT2D eigenvalue weighted by atomic mass is 9.86. The van der Waals surface area contributed by atoms with Crippen molar-refractivity contribution in [2.24, 2.45) is 0 Å². The lowest BCUT2D eigenvalue weighted by Gasteiger charge is -2.32. The number of carbonyl (C=O) groups is 2. The number of carbonyl (C=O) groups excluding carboxylic acids is 1. The second-order valence-corrected chi connectivity index (χ2v) is 9.62. The molecule has 1 aliphatic heterocycles. The summed E-state index contributed by atoms with van der Waals surface area (Å²) in [4.78, 5) is 24.4. The van der Waals surface area contributed by atoms with Gasteiger partial charge in [0.05, 0.1) is 27.1 Å². The minimum Gasteiger partial charge on any atom is -0.480 e. The lowest BCUT2D eigenvalue weighted by molar-refractivity contribution is -0.144. The maximum Gasteiger partial charge on any atom is 0.324 e. The fourth-order valence-electron chi connectivity index (χ4n) is 4.03. The van der Waals surface area contributed by atoms with Crippen molar-refractivity contribution < 1.29 is 14.7 Å². The van der Waals surface area contributed by atoms with Crippen LogP contribution in [-0.2, 0) is 24.2 Å². The molecule has 3 aromatic rings. The monoisotopic (exact) mass is 515 g/mol. The van der Waals surface area contributed by atoms with Crippen LogP contribution in [0, 0.1) is 0 Å². The van der Waals surface area contributed by atoms with Crippen LogP contribution in [0.3, 0.4) is 0 Å². The number of aliphatic carboxylic acids is 1. The van der Waals surface area contributed by atoms with E-state index in [1.165, 1.54) is 0 Å². The highest BCUT2D eigenvalue weighted by molar-refractivity contribution is 6.44. The van der Waals surface area contributed by atoms with Gasteiger partial charge in [0.1, 0.15) is 11.4 Å². The number of urea groups is 1. The van der Waals surface area contributed by atoms with E-state index in [-0.39, 0.29) is 5.02 Å². The maximum absolute atomic E-state index is 12.8. The van der Waals surface area contributed by atoms with Gasteiger partial charge in [-0.05, 0) is 55.2 Å². The molecule has 0 saturated heterocycles. The molecule has 0 bridgehead atoms. The topological polar surface area (TPSA) is 108 Å². The molecule has 0 aliphatic carbocycles. The molecule has 1 aromatic heterocycles. The van der Waals surface area contributed by atoms with Gasteiger partial charge in [0.2, 0.25) is 0 Å². The average Bonchev–Trinajstić information content (AvgIpc) is 3.22. The molecule has 1 aliphatic rings. The predicted octanol–water partition coefficient (Wildman–Crippen LogP) is 5.65. The van der Waals surface area contributed by atoms with E-state index in [0.717, 1.165) is 41.8 Å². The summed E-state index contributed by atoms with van der Waals surface area (Å²) >= 11 is 12.3. The fourth-order valence-corrected chi connectivity index (χ4v) is 4.38. The molecule has 1 atom stereocenters. The van der Waals surface area contributed by atoms with Crippen LogP contribution in [0.1, 0.15) is 43.5 Å². The zero-order valence-corrected chi connectivity index (χ0v) is 21.0. The highest BCUT2D eigenvalue weighted by Gasteiger charge is 2.36. The van der Waals surface area contributed by atoms with Crippen molar-refractivity contribution in [3.05, 3.63) is 69.3 Å². The predicted molar refractivity (Wildman–Crippen MR) is 138 cm³/mol. The smallest absolute Gasteiger partial charge is 0.324 e. The third kappa shape index (κ3) is 5.45. The number of aromatic nitrogens is 2. The number of benzene rings is 2. The number of rotatable bonds is 7. The van der Waals surface area contributed by atoms with Crippen LogP contribution in [0.4, 0.5) is 16.3 Å². The molecule has 10 heteroatoms. The summed E-state index contributed by atoms with van der Waals surface area (Å²) in [6, 6.07) is 12.2. The van der Waals surface area contributed by atoms with E-state index >= 15 is 0 Å². The van der Waals surface area contributed by atoms with Gasteiger partial charge in [0.25, 0.3) is 0 Å². The Morgan fingerprint density at radius 1 is 1.17 bits per heavy atom. The molecule has 4 N–H and O–H groups in total. The number of carboxylic acids is 1. The standard InChI is InChI=1S/C25H27Cl2N5O3/c1-3-4-6-17-12-21(30-24(35)29-20-8-5-7-19(26)22(20)27)32(31-17)18-10-9-15-13-25(2,23(33)34)28-14-16(15)11-18/h5,7-12,28H,3-4,6,13-14H2,1-2H3,(H,33,34)(H2,29,30,35). The first-order valence-electron chi connectivity index (χ1n) is 11.4. The molecule has 184 valence electrons. The highest BCUT2D eigenvalue weighted by atomic mass is 35.5. The van der Waals surface area contributed by atoms with E-state index in [1.807, 2.05) is 24.3 Å². The number of halogens is 2. The number of unbranched alkanes of at least 4 members (excludes halogenated alkanes) is 1. The number of hydrogen-bond acceptors (Lipinski definition) is 4. The van der Waals surface area contributed by atoms with Crippen LogP contribution in [0.25, 0.3) is 5.69 Å². The maximum atomic E-state index is 12.8. The Morgan fingerprint density at radius 2 is 1.97 bits per heavy atom. The summed E-state index contributed by atoms with van der Waals surface area (Å²) in [7, 11) is 0. The average molecular weight is 516 g/mol. The second kappa shape index (κ2) is 10.3. The fraction of sp³-hybridized carbons (Fsp3) is 0.320. The van der Waals surface area contributed by atoms with Crippen molar-refractivity contribution in [3.63, 3.8) is 0 Å². The Balaban J connectivity index is 1.61. The first kappa shape index (κ1) is 25.0. The van der Waals surface area contributed by atoms with E-state index in [4.69, 9.17) is 28.3 Å². The van der Waals surface area contributed by atoms with Crippen LogP contribution >= 0.6 is 23.2 Å². The minimum absolute atomic E-state index is 0.261. The van der Waals surface area contributed by atoms with Gasteiger partial charge in [-0.15, -0.1) is 0 Å². The van der Waals surface area contributed by atoms with Crippen LogP contribution in [0.15, 0.2) is 42.5 Å². The summed E-state index contributed by atoms with van der Waals surface area (Å²) in [5.74, 6) is -0.372. The summed E-state index contributed by atoms with van der Waals surface area (Å²) in [5.41, 5.74) is 2.99. The molecule has 0 radical (unpaired) electrons. The zero-order valence-electron chi connectivity index (χ0n) is 19.5. The number of aryl methyl sites for hydroxylation is 1. The van der Waals surface area contributed by atoms with Crippen LogP contribution < -0.4 is 16.0 Å². The van der Waals surface area contributed by atoms with E-state index in [2.05, 4.69) is 22.9 Å². The van der Waals surface area contributed by atoms with Crippen molar-refractivity contribution in [2.75, 3.05) is 10.6 Å². The van der Waals surface area contributed by atoms with Crippen molar-refractivity contribution in [3.8, 4) is 5.69 Å². The van der Waals surface area contributed by atoms with Gasteiger partial charge in [-0.1, -0.05) is 48.7 Å². The lowest BCUT2D eigenvalue weighted by Crippen LogP contribution is -2.53. The van der Waals surface area contributed by atoms with Crippen LogP contribution in [-0.4, -0.2) is 32.4 Å². The van der Waals surface area contributed by atoms with Gasteiger partial charge in [-0.2, -0.15) is 5.10 Å². The van der Waals surface area contributed by atoms with Gasteiger partial charge in [-0.3, -0.25) is 15.4 Å². The molecule has 2 aromatic carbocycles. The van der Waals surface area contributed by atoms with Gasteiger partial charge in [-0.25, -0.2) is 9.48 Å². The Labute approximate surface area is 213 Å². The van der Waals surface area contributed by atoms with Crippen LogP contribution in [0.5, 0.6) is 0 Å². The number of nitrogens with zero attached hydrogens (tertiary/aromatic N) is 2. The number of carboxylic acid groups (broad SMARTS) is 1. The first-order chi connectivity index (χ1) is 16.7. The normalized spacial score (nSPS) is 17.0. The number of amides is 2. The number of hydrogen-bond donors (Lipinski definition) is 4. The largest absolute Gasteiger partial charge is 0.480 e. The molecule has 2 amide bonds. The molecular formula is C25H27Cl2N5O3. The molecule has 0 spiro atoms. The number of nitrogens with one attached hydrogen (secondary N) is 3. The van der Waals surface area contributed by atoms with Gasteiger partial charge in [0.15, 0.2) is 0 Å². The van der Waals surface area contributed by atoms with E-state index in [1.54, 1.807) is 29.8 Å². The molecule has 4 rings (SSSR count). The Bertz CT molecular complexity index is 1280. The third-order valence-corrected chi connectivity index (χ3v) is 6.93. The summed E-state index contributed by atoms with van der Waals surface area (Å²) in [5, 5.41) is 23.6. The Hall–Kier alpha value is -3.07. The zero-order chi connectivity index (χ0) is 25.2. The molecule has 2 heterocycles. The number of fused-ring (bicyclic) bond motifs is 1. The highest BCUT2D eigenvalue weighted by Crippen LogP contribution is 2.30. The molecule has 8 nitrogen and oxygen atoms in total. The quantitative estimate of drug-likeness (QED) is 0.324. The molecule has 0 fully saturated rings. The molecule has 0 saturated carbocycles. The SMILES string of the molecule is CCCCc1cc(NC(=O)Nc2cccc(Cl)c2Cl)n(-c2ccc3c(c2)CNC(C)(C(=O)O)C3)n1. The van der Waals surface area contributed by atoms with Gasteiger partial charge < -0.3 is 10.4 Å². The third-order valence-electron chi connectivity index (χ3n) is 6.11. The van der Waals surface area contributed by atoms with Crippen LogP contribution in [0.2, 0.25) is 10.0 Å². The Morgan fingerprint density at radius 3 is 2.71 bits per heavy atom. The van der Waals surface area contributed by atoms with Gasteiger partial charge in [0, 0.05) is 19.0 Å². The second-order valence-electron chi connectivity index (χ2n) is 8.84.